The molecule has 0 aliphatic heterocycles. The fraction of sp³-hybridized carbons (Fsp3) is 0.333. The van der Waals surface area contributed by atoms with Gasteiger partial charge in [-0.2, -0.15) is 0 Å². The Morgan fingerprint density at radius 1 is 1.40 bits per heavy atom. The summed E-state index contributed by atoms with van der Waals surface area (Å²) >= 11 is 0. The van der Waals surface area contributed by atoms with Crippen LogP contribution in [0.3, 0.4) is 0 Å². The summed E-state index contributed by atoms with van der Waals surface area (Å²) in [5.74, 6) is 1.28. The van der Waals surface area contributed by atoms with Crippen LogP contribution in [0.15, 0.2) is 42.7 Å². The van der Waals surface area contributed by atoms with E-state index in [-0.39, 0.29) is 11.9 Å². The highest BCUT2D eigenvalue weighted by molar-refractivity contribution is 5.81. The lowest BCUT2D eigenvalue weighted by Crippen LogP contribution is -2.38. The van der Waals surface area contributed by atoms with Gasteiger partial charge < -0.3 is 15.0 Å². The molecule has 2 atom stereocenters. The first-order valence-corrected chi connectivity index (χ1v) is 6.72. The monoisotopic (exact) mass is 273 g/mol. The van der Waals surface area contributed by atoms with Gasteiger partial charge in [0.15, 0.2) is 6.10 Å². The fourth-order valence-corrected chi connectivity index (χ4v) is 1.88. The molecular formula is C15H19N3O2. The molecule has 106 valence electrons. The third-order valence-electron chi connectivity index (χ3n) is 3.00. The number of imidazole rings is 1. The lowest BCUT2D eigenvalue weighted by molar-refractivity contribution is -0.128. The number of hydrogen-bond acceptors (Lipinski definition) is 3. The van der Waals surface area contributed by atoms with Crippen molar-refractivity contribution in [1.29, 1.82) is 0 Å². The second kappa shape index (κ2) is 6.75. The van der Waals surface area contributed by atoms with E-state index < -0.39 is 6.10 Å². The Balaban J connectivity index is 1.93. The van der Waals surface area contributed by atoms with Crippen molar-refractivity contribution in [3.8, 4) is 5.75 Å². The van der Waals surface area contributed by atoms with Crippen molar-refractivity contribution in [2.75, 3.05) is 0 Å². The van der Waals surface area contributed by atoms with Gasteiger partial charge >= 0.3 is 0 Å². The lowest BCUT2D eigenvalue weighted by Gasteiger charge is -2.19. The van der Waals surface area contributed by atoms with Gasteiger partial charge in [-0.1, -0.05) is 25.1 Å². The maximum absolute atomic E-state index is 12.1. The van der Waals surface area contributed by atoms with Gasteiger partial charge in [0.1, 0.15) is 11.6 Å². The summed E-state index contributed by atoms with van der Waals surface area (Å²) < 4.78 is 5.60. The van der Waals surface area contributed by atoms with Crippen LogP contribution in [0.4, 0.5) is 0 Å². The predicted octanol–water partition coefficient (Wildman–Crippen LogP) is 2.44. The van der Waals surface area contributed by atoms with Crippen molar-refractivity contribution in [1.82, 2.24) is 15.3 Å². The predicted molar refractivity (Wildman–Crippen MR) is 76.3 cm³/mol. The van der Waals surface area contributed by atoms with Crippen LogP contribution in [0.1, 0.15) is 32.1 Å². The van der Waals surface area contributed by atoms with E-state index in [4.69, 9.17) is 4.74 Å². The first-order valence-electron chi connectivity index (χ1n) is 6.72. The van der Waals surface area contributed by atoms with Gasteiger partial charge in [-0.25, -0.2) is 4.98 Å². The molecule has 1 heterocycles. The fourth-order valence-electron chi connectivity index (χ4n) is 1.88. The van der Waals surface area contributed by atoms with Crippen LogP contribution in [0.5, 0.6) is 5.75 Å². The normalized spacial score (nSPS) is 13.5. The Morgan fingerprint density at radius 3 is 2.75 bits per heavy atom. The van der Waals surface area contributed by atoms with E-state index in [0.717, 1.165) is 12.2 Å². The second-order valence-corrected chi connectivity index (χ2v) is 4.52. The van der Waals surface area contributed by atoms with Gasteiger partial charge in [0.05, 0.1) is 6.04 Å². The molecule has 20 heavy (non-hydrogen) atoms. The van der Waals surface area contributed by atoms with Crippen LogP contribution >= 0.6 is 0 Å². The smallest absolute Gasteiger partial charge is 0.261 e. The maximum Gasteiger partial charge on any atom is 0.261 e. The number of nitrogens with zero attached hydrogens (tertiary/aromatic N) is 1. The van der Waals surface area contributed by atoms with Gasteiger partial charge in [0.25, 0.3) is 5.91 Å². The number of para-hydroxylation sites is 1. The topological polar surface area (TPSA) is 67.0 Å². The molecule has 5 heteroatoms. The van der Waals surface area contributed by atoms with Crippen LogP contribution in [0.25, 0.3) is 0 Å². The summed E-state index contributed by atoms with van der Waals surface area (Å²) in [6, 6.07) is 9.18. The van der Waals surface area contributed by atoms with Crippen molar-refractivity contribution >= 4 is 5.91 Å². The summed E-state index contributed by atoms with van der Waals surface area (Å²) in [6.07, 6.45) is 3.63. The third kappa shape index (κ3) is 3.60. The number of hydrogen-bond donors (Lipinski definition) is 2. The first kappa shape index (κ1) is 14.1. The molecule has 0 aliphatic rings. The number of benzene rings is 1. The zero-order valence-electron chi connectivity index (χ0n) is 11.7. The molecule has 0 aliphatic carbocycles. The van der Waals surface area contributed by atoms with E-state index in [1.165, 1.54) is 0 Å². The molecule has 2 aromatic rings. The zero-order chi connectivity index (χ0) is 14.4. The highest BCUT2D eigenvalue weighted by Crippen LogP contribution is 2.14. The van der Waals surface area contributed by atoms with Gasteiger partial charge in [-0.3, -0.25) is 4.79 Å². The van der Waals surface area contributed by atoms with Crippen molar-refractivity contribution in [2.45, 2.75) is 32.4 Å². The molecule has 0 fully saturated rings. The van der Waals surface area contributed by atoms with E-state index in [1.807, 2.05) is 37.3 Å². The SMILES string of the molecule is CC[C@@H](NC(=O)[C@@H](C)Oc1ccccc1)c1ncc[nH]1. The van der Waals surface area contributed by atoms with Gasteiger partial charge in [0, 0.05) is 12.4 Å². The molecule has 1 amide bonds. The number of aromatic nitrogens is 2. The summed E-state index contributed by atoms with van der Waals surface area (Å²) in [4.78, 5) is 19.3. The van der Waals surface area contributed by atoms with E-state index in [2.05, 4.69) is 15.3 Å². The Bertz CT molecular complexity index is 525. The van der Waals surface area contributed by atoms with Gasteiger partial charge in [-0.05, 0) is 25.5 Å². The molecule has 0 radical (unpaired) electrons. The number of ether oxygens (including phenoxy) is 1. The van der Waals surface area contributed by atoms with Crippen molar-refractivity contribution in [3.05, 3.63) is 48.5 Å². The third-order valence-corrected chi connectivity index (χ3v) is 3.00. The maximum atomic E-state index is 12.1. The first-order chi connectivity index (χ1) is 9.70. The Morgan fingerprint density at radius 2 is 2.15 bits per heavy atom. The van der Waals surface area contributed by atoms with Crippen LogP contribution in [0, 0.1) is 0 Å². The molecule has 1 aromatic heterocycles. The second-order valence-electron chi connectivity index (χ2n) is 4.52. The van der Waals surface area contributed by atoms with Crippen LogP contribution in [0.2, 0.25) is 0 Å². The molecule has 0 unspecified atom stereocenters. The van der Waals surface area contributed by atoms with Crippen molar-refractivity contribution < 1.29 is 9.53 Å². The minimum Gasteiger partial charge on any atom is -0.481 e. The van der Waals surface area contributed by atoms with E-state index >= 15 is 0 Å². The average molecular weight is 273 g/mol. The molecule has 0 bridgehead atoms. The Hall–Kier alpha value is -2.30. The molecule has 0 spiro atoms. The molecule has 5 nitrogen and oxygen atoms in total. The summed E-state index contributed by atoms with van der Waals surface area (Å²) in [7, 11) is 0. The van der Waals surface area contributed by atoms with E-state index in [1.54, 1.807) is 19.3 Å². The highest BCUT2D eigenvalue weighted by atomic mass is 16.5. The number of H-pyrrole nitrogens is 1. The van der Waals surface area contributed by atoms with Crippen LogP contribution in [-0.2, 0) is 4.79 Å². The van der Waals surface area contributed by atoms with Gasteiger partial charge in [0.2, 0.25) is 0 Å². The Kier molecular flexibility index (Phi) is 4.76. The zero-order valence-corrected chi connectivity index (χ0v) is 11.7. The molecule has 2 rings (SSSR count). The molecule has 1 aromatic carbocycles. The lowest BCUT2D eigenvalue weighted by atomic mass is 10.2. The Labute approximate surface area is 118 Å². The summed E-state index contributed by atoms with van der Waals surface area (Å²) in [5.41, 5.74) is 0. The standard InChI is InChI=1S/C15H19N3O2/c1-3-13(14-16-9-10-17-14)18-15(19)11(2)20-12-7-5-4-6-8-12/h4-11,13H,3H2,1-2H3,(H,16,17)(H,18,19)/t11-,13-/m1/s1. The largest absolute Gasteiger partial charge is 0.481 e. The van der Waals surface area contributed by atoms with Gasteiger partial charge in [-0.15, -0.1) is 0 Å². The van der Waals surface area contributed by atoms with Crippen LogP contribution < -0.4 is 10.1 Å². The highest BCUT2D eigenvalue weighted by Gasteiger charge is 2.20. The van der Waals surface area contributed by atoms with Crippen LogP contribution in [-0.4, -0.2) is 22.0 Å². The molecule has 0 saturated carbocycles. The minimum atomic E-state index is -0.554. The number of carbonyl (C=O) groups excluding carboxylic acids is 1. The van der Waals surface area contributed by atoms with Crippen molar-refractivity contribution in [3.63, 3.8) is 0 Å². The summed E-state index contributed by atoms with van der Waals surface area (Å²) in [6.45, 7) is 3.73. The quantitative estimate of drug-likeness (QED) is 0.849. The molecule has 2 N–H and O–H groups in total. The number of carbonyl (C=O) groups is 1. The minimum absolute atomic E-state index is 0.126. The molecular weight excluding hydrogens is 254 g/mol. The number of nitrogens with one attached hydrogen (secondary N) is 2. The number of rotatable bonds is 6. The average Bonchev–Trinajstić information content (AvgIpc) is 2.99. The molecule has 0 saturated heterocycles. The van der Waals surface area contributed by atoms with E-state index in [9.17, 15) is 4.79 Å². The number of amides is 1. The van der Waals surface area contributed by atoms with Crippen molar-refractivity contribution in [2.24, 2.45) is 0 Å². The number of aromatic amines is 1. The van der Waals surface area contributed by atoms with E-state index in [0.29, 0.717) is 5.75 Å². The summed E-state index contributed by atoms with van der Waals surface area (Å²) in [5, 5.41) is 2.93.